The number of hydroxylamine groups is 1. The third kappa shape index (κ3) is 5.16. The van der Waals surface area contributed by atoms with Crippen LogP contribution in [-0.2, 0) is 14.4 Å². The molecule has 0 saturated carbocycles. The van der Waals surface area contributed by atoms with Crippen LogP contribution in [0.2, 0.25) is 0 Å². The molecule has 98 valence electrons. The molecule has 1 N–H and O–H groups in total. The Balaban J connectivity index is 4.37. The highest BCUT2D eigenvalue weighted by Gasteiger charge is 2.37. The molecule has 0 aromatic heterocycles. The minimum atomic E-state index is -0.962. The lowest BCUT2D eigenvalue weighted by Gasteiger charge is -2.24. The normalized spacial score (nSPS) is 10.9. The molecule has 0 saturated heterocycles. The van der Waals surface area contributed by atoms with Gasteiger partial charge in [-0.25, -0.2) is 5.48 Å². The summed E-state index contributed by atoms with van der Waals surface area (Å²) in [6.45, 7) is 4.60. The van der Waals surface area contributed by atoms with Crippen LogP contribution in [0.4, 0.5) is 0 Å². The maximum atomic E-state index is 11.9. The lowest BCUT2D eigenvalue weighted by molar-refractivity contribution is -0.143. The van der Waals surface area contributed by atoms with Gasteiger partial charge in [-0.05, 0) is 12.8 Å². The number of ether oxygens (including phenoxy) is 1. The third-order valence-electron chi connectivity index (χ3n) is 2.56. The molecule has 5 heteroatoms. The van der Waals surface area contributed by atoms with Crippen molar-refractivity contribution in [1.82, 2.24) is 5.48 Å². The van der Waals surface area contributed by atoms with Gasteiger partial charge in [0.25, 0.3) is 5.91 Å². The maximum Gasteiger partial charge on any atom is 0.263 e. The molecule has 0 fully saturated rings. The van der Waals surface area contributed by atoms with Crippen LogP contribution >= 0.6 is 0 Å². The summed E-state index contributed by atoms with van der Waals surface area (Å²) in [5.41, 5.74) is 1.38. The van der Waals surface area contributed by atoms with Crippen LogP contribution < -0.4 is 5.48 Å². The Morgan fingerprint density at radius 2 is 1.88 bits per heavy atom. The average molecular weight is 242 g/mol. The summed E-state index contributed by atoms with van der Waals surface area (Å²) >= 11 is 0. The molecule has 0 unspecified atom stereocenters. The topological polar surface area (TPSA) is 71.4 Å². The van der Waals surface area contributed by atoms with Crippen molar-refractivity contribution in [2.24, 2.45) is 5.41 Å². The van der Waals surface area contributed by atoms with Gasteiger partial charge < -0.3 is 4.74 Å². The number of carbonyl (C=O) groups is 1. The lowest BCUT2D eigenvalue weighted by Crippen LogP contribution is -2.40. The number of hydrogen-bond donors (Lipinski definition) is 1. The van der Waals surface area contributed by atoms with Gasteiger partial charge in [-0.15, -0.1) is 0 Å². The van der Waals surface area contributed by atoms with Crippen LogP contribution in [0.5, 0.6) is 0 Å². The summed E-state index contributed by atoms with van der Waals surface area (Å²) < 4.78 is 4.79. The average Bonchev–Trinajstić information content (AvgIpc) is 2.34. The van der Waals surface area contributed by atoms with Crippen LogP contribution in [0.25, 0.3) is 0 Å². The molecule has 0 radical (unpaired) electrons. The van der Waals surface area contributed by atoms with Crippen LogP contribution in [0.3, 0.4) is 0 Å². The summed E-state index contributed by atoms with van der Waals surface area (Å²) in [6, 6.07) is 2.13. The molecule has 0 heterocycles. The van der Waals surface area contributed by atoms with E-state index in [1.54, 1.807) is 7.11 Å². The second-order valence-electron chi connectivity index (χ2n) is 3.97. The Bertz CT molecular complexity index is 255. The monoisotopic (exact) mass is 242 g/mol. The van der Waals surface area contributed by atoms with Gasteiger partial charge in [-0.1, -0.05) is 26.7 Å². The standard InChI is InChI=1S/C12H22N2O3/c1-4-6-12(10-13,7-5-2)11(15)14-17-9-8-16-3/h4-9H2,1-3H3,(H,14,15). The fourth-order valence-corrected chi connectivity index (χ4v) is 1.71. The highest BCUT2D eigenvalue weighted by molar-refractivity contribution is 5.84. The van der Waals surface area contributed by atoms with Crippen molar-refractivity contribution < 1.29 is 14.4 Å². The zero-order valence-corrected chi connectivity index (χ0v) is 10.9. The van der Waals surface area contributed by atoms with Crippen molar-refractivity contribution in [3.8, 4) is 6.07 Å². The zero-order valence-electron chi connectivity index (χ0n) is 10.9. The molecule has 1 amide bonds. The Morgan fingerprint density at radius 3 is 2.29 bits per heavy atom. The van der Waals surface area contributed by atoms with Gasteiger partial charge >= 0.3 is 0 Å². The van der Waals surface area contributed by atoms with Crippen LogP contribution in [0.15, 0.2) is 0 Å². The number of hydrogen-bond acceptors (Lipinski definition) is 4. The zero-order chi connectivity index (χ0) is 13.1. The highest BCUT2D eigenvalue weighted by atomic mass is 16.7. The van der Waals surface area contributed by atoms with Gasteiger partial charge in [-0.2, -0.15) is 5.26 Å². The third-order valence-corrected chi connectivity index (χ3v) is 2.56. The lowest BCUT2D eigenvalue weighted by atomic mass is 9.80. The molecule has 5 nitrogen and oxygen atoms in total. The van der Waals surface area contributed by atoms with E-state index >= 15 is 0 Å². The first-order valence-corrected chi connectivity index (χ1v) is 5.99. The van der Waals surface area contributed by atoms with E-state index in [9.17, 15) is 10.1 Å². The number of nitrogens with one attached hydrogen (secondary N) is 1. The van der Waals surface area contributed by atoms with Gasteiger partial charge in [0, 0.05) is 7.11 Å². The van der Waals surface area contributed by atoms with E-state index in [0.29, 0.717) is 19.4 Å². The number of nitriles is 1. The highest BCUT2D eigenvalue weighted by Crippen LogP contribution is 2.29. The van der Waals surface area contributed by atoms with Crippen molar-refractivity contribution in [3.63, 3.8) is 0 Å². The minimum Gasteiger partial charge on any atom is -0.382 e. The fraction of sp³-hybridized carbons (Fsp3) is 0.833. The molecule has 0 aliphatic carbocycles. The molecule has 0 aromatic carbocycles. The van der Waals surface area contributed by atoms with E-state index in [1.165, 1.54) is 0 Å². The Hall–Kier alpha value is -1.12. The Labute approximate surface area is 103 Å². The van der Waals surface area contributed by atoms with Gasteiger partial charge in [0.15, 0.2) is 0 Å². The molecule has 17 heavy (non-hydrogen) atoms. The van der Waals surface area contributed by atoms with E-state index in [0.717, 1.165) is 12.8 Å². The number of methoxy groups -OCH3 is 1. The molecular formula is C12H22N2O3. The summed E-state index contributed by atoms with van der Waals surface area (Å²) in [7, 11) is 1.55. The first-order chi connectivity index (χ1) is 8.16. The molecule has 0 aliphatic heterocycles. The predicted octanol–water partition coefficient (Wildman–Crippen LogP) is 1.79. The van der Waals surface area contributed by atoms with E-state index < -0.39 is 5.41 Å². The summed E-state index contributed by atoms with van der Waals surface area (Å²) in [4.78, 5) is 16.9. The van der Waals surface area contributed by atoms with Gasteiger partial charge in [-0.3, -0.25) is 9.63 Å². The number of carbonyl (C=O) groups excluding carboxylic acids is 1. The molecule has 0 spiro atoms. The smallest absolute Gasteiger partial charge is 0.263 e. The van der Waals surface area contributed by atoms with Crippen molar-refractivity contribution in [1.29, 1.82) is 5.26 Å². The summed E-state index contributed by atoms with van der Waals surface area (Å²) in [5.74, 6) is -0.347. The molecule has 0 atom stereocenters. The van der Waals surface area contributed by atoms with Crippen molar-refractivity contribution >= 4 is 5.91 Å². The number of nitrogens with zero attached hydrogens (tertiary/aromatic N) is 1. The first kappa shape index (κ1) is 15.9. The maximum absolute atomic E-state index is 11.9. The quantitative estimate of drug-likeness (QED) is 0.494. The number of amides is 1. The van der Waals surface area contributed by atoms with E-state index in [2.05, 4.69) is 11.5 Å². The van der Waals surface area contributed by atoms with E-state index in [4.69, 9.17) is 9.57 Å². The van der Waals surface area contributed by atoms with Crippen LogP contribution in [-0.4, -0.2) is 26.2 Å². The molecule has 0 aliphatic rings. The summed E-state index contributed by atoms with van der Waals surface area (Å²) in [5, 5.41) is 9.22. The van der Waals surface area contributed by atoms with Gasteiger partial charge in [0.05, 0.1) is 19.3 Å². The van der Waals surface area contributed by atoms with Gasteiger partial charge in [0.2, 0.25) is 0 Å². The second kappa shape index (κ2) is 8.97. The predicted molar refractivity (Wildman–Crippen MR) is 63.8 cm³/mol. The Morgan fingerprint density at radius 1 is 1.29 bits per heavy atom. The first-order valence-electron chi connectivity index (χ1n) is 5.99. The molecule has 0 rings (SSSR count). The van der Waals surface area contributed by atoms with Crippen LogP contribution in [0, 0.1) is 16.7 Å². The molecular weight excluding hydrogens is 220 g/mol. The SMILES string of the molecule is CCCC(C#N)(CCC)C(=O)NOCCOC. The van der Waals surface area contributed by atoms with E-state index in [-0.39, 0.29) is 12.5 Å². The second-order valence-corrected chi connectivity index (χ2v) is 3.97. The summed E-state index contributed by atoms with van der Waals surface area (Å²) in [6.07, 6.45) is 2.69. The van der Waals surface area contributed by atoms with Crippen molar-refractivity contribution in [3.05, 3.63) is 0 Å². The van der Waals surface area contributed by atoms with E-state index in [1.807, 2.05) is 13.8 Å². The van der Waals surface area contributed by atoms with Crippen molar-refractivity contribution in [2.45, 2.75) is 39.5 Å². The fourth-order valence-electron chi connectivity index (χ4n) is 1.71. The Kier molecular flexibility index (Phi) is 8.38. The minimum absolute atomic E-state index is 0.280. The van der Waals surface area contributed by atoms with Crippen LogP contribution in [0.1, 0.15) is 39.5 Å². The van der Waals surface area contributed by atoms with Gasteiger partial charge in [0.1, 0.15) is 5.41 Å². The van der Waals surface area contributed by atoms with Crippen molar-refractivity contribution in [2.75, 3.05) is 20.3 Å². The number of rotatable bonds is 9. The molecule has 0 aromatic rings. The largest absolute Gasteiger partial charge is 0.382 e. The molecule has 0 bridgehead atoms.